The van der Waals surface area contributed by atoms with E-state index in [4.69, 9.17) is 22.3 Å². The van der Waals surface area contributed by atoms with Crippen LogP contribution in [0.4, 0.5) is 0 Å². The van der Waals surface area contributed by atoms with Crippen molar-refractivity contribution in [1.82, 2.24) is 4.31 Å². The first-order valence-electron chi connectivity index (χ1n) is 3.15. The number of hydrogen-bond donors (Lipinski definition) is 0. The van der Waals surface area contributed by atoms with Gasteiger partial charge in [0.05, 0.1) is 0 Å². The number of nitrogens with zero attached hydrogens (tertiary/aromatic N) is 1. The largest absolute Gasteiger partial charge is 0.324 e. The highest BCUT2D eigenvalue weighted by molar-refractivity contribution is 8.12. The molecule has 76 valence electrons. The summed E-state index contributed by atoms with van der Waals surface area (Å²) in [5.41, 5.74) is 0. The molecular weight excluding hydrogens is 241 g/mol. The molecule has 0 heterocycles. The van der Waals surface area contributed by atoms with Crippen LogP contribution >= 0.6 is 22.3 Å². The van der Waals surface area contributed by atoms with Gasteiger partial charge in [-0.15, -0.1) is 0 Å². The summed E-state index contributed by atoms with van der Waals surface area (Å²) < 4.78 is 21.8. The molecule has 1 amide bonds. The van der Waals surface area contributed by atoms with Gasteiger partial charge in [-0.3, -0.25) is 9.59 Å². The maximum absolute atomic E-state index is 10.9. The monoisotopic (exact) mass is 247 g/mol. The van der Waals surface area contributed by atoms with Crippen molar-refractivity contribution in [1.29, 1.82) is 0 Å². The molecule has 0 unspecified atom stereocenters. The van der Waals surface area contributed by atoms with Gasteiger partial charge >= 0.3 is 20.4 Å². The van der Waals surface area contributed by atoms with Gasteiger partial charge < -0.3 is 0 Å². The molecule has 0 aromatic heterocycles. The van der Waals surface area contributed by atoms with E-state index in [0.29, 0.717) is 0 Å². The van der Waals surface area contributed by atoms with Gasteiger partial charge in [-0.05, 0) is 25.4 Å². The van der Waals surface area contributed by atoms with Gasteiger partial charge in [-0.25, -0.2) is 4.31 Å². The van der Waals surface area contributed by atoms with Crippen LogP contribution in [-0.4, -0.2) is 29.9 Å². The lowest BCUT2D eigenvalue weighted by Gasteiger charge is -2.20. The molecular formula is C5H7Cl2NO4S. The molecule has 0 fully saturated rings. The smallest absolute Gasteiger partial charge is 0.270 e. The second kappa shape index (κ2) is 4.26. The standard InChI is InChI=1S/C5H7Cl2NO4S/c1-3(2)8(13(7,11)12)5(10)4(6)9/h3H,1-2H3. The van der Waals surface area contributed by atoms with E-state index >= 15 is 0 Å². The minimum absolute atomic E-state index is 0.212. The van der Waals surface area contributed by atoms with E-state index in [1.807, 2.05) is 0 Å². The van der Waals surface area contributed by atoms with E-state index in [1.54, 1.807) is 0 Å². The molecule has 0 N–H and O–H groups in total. The first-order valence-corrected chi connectivity index (χ1v) is 5.80. The topological polar surface area (TPSA) is 71.5 Å². The van der Waals surface area contributed by atoms with Gasteiger partial charge in [0, 0.05) is 16.7 Å². The third-order valence-electron chi connectivity index (χ3n) is 1.07. The van der Waals surface area contributed by atoms with E-state index in [1.165, 1.54) is 13.8 Å². The molecule has 0 rings (SSSR count). The van der Waals surface area contributed by atoms with Crippen LogP contribution in [0.25, 0.3) is 0 Å². The zero-order chi connectivity index (χ0) is 10.8. The normalized spacial score (nSPS) is 11.5. The molecule has 0 aliphatic carbocycles. The van der Waals surface area contributed by atoms with Gasteiger partial charge in [0.15, 0.2) is 0 Å². The van der Waals surface area contributed by atoms with Crippen molar-refractivity contribution in [3.05, 3.63) is 0 Å². The predicted octanol–water partition coefficient (Wildman–Crippen LogP) is 0.472. The van der Waals surface area contributed by atoms with Crippen LogP contribution in [0.1, 0.15) is 13.8 Å². The second-order valence-corrected chi connectivity index (χ2v) is 5.14. The molecule has 0 radical (unpaired) electrons. The number of carbonyl (C=O) groups excluding carboxylic acids is 2. The molecule has 5 nitrogen and oxygen atoms in total. The Morgan fingerprint density at radius 1 is 1.31 bits per heavy atom. The molecule has 0 spiro atoms. The molecule has 0 aliphatic rings. The van der Waals surface area contributed by atoms with Crippen molar-refractivity contribution >= 4 is 42.7 Å². The van der Waals surface area contributed by atoms with Crippen molar-refractivity contribution in [2.45, 2.75) is 19.9 Å². The first kappa shape index (κ1) is 12.7. The molecule has 0 saturated heterocycles. The lowest BCUT2D eigenvalue weighted by molar-refractivity contribution is -0.138. The van der Waals surface area contributed by atoms with Crippen LogP contribution < -0.4 is 0 Å². The number of halogens is 2. The minimum atomic E-state index is -4.26. The molecule has 0 aromatic rings. The summed E-state index contributed by atoms with van der Waals surface area (Å²) in [5, 5.41) is -1.39. The average molecular weight is 248 g/mol. The third kappa shape index (κ3) is 3.50. The molecule has 0 aromatic carbocycles. The number of amides is 1. The fourth-order valence-corrected chi connectivity index (χ4v) is 2.26. The Morgan fingerprint density at radius 2 is 1.69 bits per heavy atom. The van der Waals surface area contributed by atoms with Crippen molar-refractivity contribution in [2.24, 2.45) is 0 Å². The molecule has 8 heteroatoms. The van der Waals surface area contributed by atoms with Crippen LogP contribution in [0.15, 0.2) is 0 Å². The highest BCUT2D eigenvalue weighted by Crippen LogP contribution is 2.12. The van der Waals surface area contributed by atoms with Gasteiger partial charge in [-0.1, -0.05) is 0 Å². The second-order valence-electron chi connectivity index (χ2n) is 2.41. The third-order valence-corrected chi connectivity index (χ3v) is 2.74. The Morgan fingerprint density at radius 3 is 1.77 bits per heavy atom. The van der Waals surface area contributed by atoms with E-state index in [2.05, 4.69) is 0 Å². The zero-order valence-electron chi connectivity index (χ0n) is 6.82. The summed E-state index contributed by atoms with van der Waals surface area (Å²) >= 11 is 4.82. The average Bonchev–Trinajstić information content (AvgIpc) is 1.82. The Bertz CT molecular complexity index is 323. The van der Waals surface area contributed by atoms with Gasteiger partial charge in [0.1, 0.15) is 0 Å². The Balaban J connectivity index is 5.07. The van der Waals surface area contributed by atoms with Crippen molar-refractivity contribution in [3.63, 3.8) is 0 Å². The van der Waals surface area contributed by atoms with Crippen LogP contribution in [0.2, 0.25) is 0 Å². The van der Waals surface area contributed by atoms with Crippen molar-refractivity contribution < 1.29 is 18.0 Å². The van der Waals surface area contributed by atoms with E-state index < -0.39 is 26.4 Å². The highest BCUT2D eigenvalue weighted by atomic mass is 35.7. The van der Waals surface area contributed by atoms with Gasteiger partial charge in [0.25, 0.3) is 0 Å². The lowest BCUT2D eigenvalue weighted by Crippen LogP contribution is -2.41. The maximum atomic E-state index is 10.9. The summed E-state index contributed by atoms with van der Waals surface area (Å²) in [5.74, 6) is -1.35. The SMILES string of the molecule is CC(C)N(C(=O)C(=O)Cl)S(=O)(=O)Cl. The van der Waals surface area contributed by atoms with Crippen LogP contribution in [-0.2, 0) is 18.8 Å². The van der Waals surface area contributed by atoms with E-state index in [0.717, 1.165) is 0 Å². The van der Waals surface area contributed by atoms with Crippen molar-refractivity contribution in [3.8, 4) is 0 Å². The summed E-state index contributed by atoms with van der Waals surface area (Å²) in [4.78, 5) is 21.3. The fourth-order valence-electron chi connectivity index (χ4n) is 0.672. The molecule has 0 saturated carbocycles. The molecule has 0 atom stereocenters. The van der Waals surface area contributed by atoms with Crippen LogP contribution in [0, 0.1) is 0 Å². The van der Waals surface area contributed by atoms with E-state index in [-0.39, 0.29) is 4.31 Å². The number of hydrogen-bond acceptors (Lipinski definition) is 4. The minimum Gasteiger partial charge on any atom is -0.270 e. The Kier molecular flexibility index (Phi) is 4.15. The first-order chi connectivity index (χ1) is 5.68. The summed E-state index contributed by atoms with van der Waals surface area (Å²) in [6, 6.07) is -0.752. The number of rotatable bonds is 3. The summed E-state index contributed by atoms with van der Waals surface area (Å²) in [7, 11) is 0.642. The maximum Gasteiger partial charge on any atom is 0.324 e. The molecule has 0 aliphatic heterocycles. The van der Waals surface area contributed by atoms with Crippen molar-refractivity contribution in [2.75, 3.05) is 0 Å². The predicted molar refractivity (Wildman–Crippen MR) is 47.6 cm³/mol. The fraction of sp³-hybridized carbons (Fsp3) is 0.600. The number of carbonyl (C=O) groups is 2. The Hall–Kier alpha value is -0.330. The van der Waals surface area contributed by atoms with Gasteiger partial charge in [-0.2, -0.15) is 8.42 Å². The van der Waals surface area contributed by atoms with E-state index in [9.17, 15) is 18.0 Å². The summed E-state index contributed by atoms with van der Waals surface area (Å²) in [6.07, 6.45) is 0. The highest BCUT2D eigenvalue weighted by Gasteiger charge is 2.31. The Labute approximate surface area is 85.2 Å². The van der Waals surface area contributed by atoms with Gasteiger partial charge in [0.2, 0.25) is 0 Å². The summed E-state index contributed by atoms with van der Waals surface area (Å²) in [6.45, 7) is 2.77. The lowest BCUT2D eigenvalue weighted by atomic mass is 10.4. The quantitative estimate of drug-likeness (QED) is 0.537. The van der Waals surface area contributed by atoms with Crippen LogP contribution in [0.5, 0.6) is 0 Å². The van der Waals surface area contributed by atoms with Crippen LogP contribution in [0.3, 0.4) is 0 Å². The molecule has 0 bridgehead atoms. The molecule has 13 heavy (non-hydrogen) atoms. The zero-order valence-corrected chi connectivity index (χ0v) is 9.15.